The van der Waals surface area contributed by atoms with E-state index in [1.165, 1.54) is 34.6 Å². The molecule has 0 atom stereocenters. The van der Waals surface area contributed by atoms with Gasteiger partial charge in [0.25, 0.3) is 5.69 Å². The van der Waals surface area contributed by atoms with Crippen molar-refractivity contribution in [2.75, 3.05) is 13.1 Å². The molecule has 158 valence electrons. The standard InChI is InChI=1S/C18H19F3N2O4S2/c1-3-22(4-2)29(26,27)14-9-10-17(16(11-14)23(24)25)28-12-13-7-5-6-8-15(13)18(19,20)21/h5-11H,3-4,12H2,1-2H3. The Bertz CT molecular complexity index is 991. The van der Waals surface area contributed by atoms with Gasteiger partial charge in [-0.15, -0.1) is 11.8 Å². The van der Waals surface area contributed by atoms with Crippen LogP contribution in [0, 0.1) is 10.1 Å². The summed E-state index contributed by atoms with van der Waals surface area (Å²) in [6.45, 7) is 3.71. The summed E-state index contributed by atoms with van der Waals surface area (Å²) in [6, 6.07) is 8.43. The third kappa shape index (κ3) is 5.28. The molecule has 0 saturated carbocycles. The number of rotatable bonds is 8. The molecule has 29 heavy (non-hydrogen) atoms. The van der Waals surface area contributed by atoms with Crippen LogP contribution in [0.5, 0.6) is 0 Å². The monoisotopic (exact) mass is 448 g/mol. The number of hydrogen-bond donors (Lipinski definition) is 0. The van der Waals surface area contributed by atoms with Crippen molar-refractivity contribution >= 4 is 27.5 Å². The van der Waals surface area contributed by atoms with Gasteiger partial charge in [-0.05, 0) is 23.8 Å². The van der Waals surface area contributed by atoms with E-state index >= 15 is 0 Å². The maximum atomic E-state index is 13.1. The fourth-order valence-corrected chi connectivity index (χ4v) is 5.20. The first kappa shape index (κ1) is 23.2. The molecule has 2 rings (SSSR count). The zero-order valence-electron chi connectivity index (χ0n) is 15.6. The molecule has 0 radical (unpaired) electrons. The second-order valence-corrected chi connectivity index (χ2v) is 8.87. The molecule has 2 aromatic rings. The molecule has 0 aliphatic heterocycles. The first-order chi connectivity index (χ1) is 13.5. The van der Waals surface area contributed by atoms with Crippen LogP contribution in [0.1, 0.15) is 25.0 Å². The van der Waals surface area contributed by atoms with Gasteiger partial charge in [-0.25, -0.2) is 8.42 Å². The number of benzene rings is 2. The minimum absolute atomic E-state index is 0.0147. The Morgan fingerprint density at radius 2 is 1.72 bits per heavy atom. The minimum atomic E-state index is -4.54. The highest BCUT2D eigenvalue weighted by molar-refractivity contribution is 7.98. The quantitative estimate of drug-likeness (QED) is 0.325. The number of nitrogens with zero attached hydrogens (tertiary/aromatic N) is 2. The van der Waals surface area contributed by atoms with Crippen molar-refractivity contribution in [1.82, 2.24) is 4.31 Å². The highest BCUT2D eigenvalue weighted by Gasteiger charge is 2.33. The summed E-state index contributed by atoms with van der Waals surface area (Å²) >= 11 is 0.848. The Labute approximate surface area is 170 Å². The molecular weight excluding hydrogens is 429 g/mol. The molecular formula is C18H19F3N2O4S2. The van der Waals surface area contributed by atoms with Crippen LogP contribution in [0.4, 0.5) is 18.9 Å². The first-order valence-electron chi connectivity index (χ1n) is 8.58. The molecule has 0 N–H and O–H groups in total. The van der Waals surface area contributed by atoms with E-state index in [9.17, 15) is 31.7 Å². The summed E-state index contributed by atoms with van der Waals surface area (Å²) < 4.78 is 65.7. The van der Waals surface area contributed by atoms with Gasteiger partial charge in [-0.3, -0.25) is 10.1 Å². The van der Waals surface area contributed by atoms with Crippen molar-refractivity contribution in [3.63, 3.8) is 0 Å². The van der Waals surface area contributed by atoms with Crippen molar-refractivity contribution in [2.45, 2.75) is 35.6 Å². The molecule has 0 fully saturated rings. The second kappa shape index (κ2) is 9.14. The van der Waals surface area contributed by atoms with Crippen molar-refractivity contribution in [3.8, 4) is 0 Å². The highest BCUT2D eigenvalue weighted by atomic mass is 32.2. The van der Waals surface area contributed by atoms with Gasteiger partial charge < -0.3 is 0 Å². The summed E-state index contributed by atoms with van der Waals surface area (Å²) in [5, 5.41) is 11.5. The lowest BCUT2D eigenvalue weighted by atomic mass is 10.1. The number of halogens is 3. The Morgan fingerprint density at radius 1 is 1.10 bits per heavy atom. The number of sulfonamides is 1. The summed E-state index contributed by atoms with van der Waals surface area (Å²) in [6.07, 6.45) is -4.54. The molecule has 6 nitrogen and oxygen atoms in total. The largest absolute Gasteiger partial charge is 0.416 e. The maximum Gasteiger partial charge on any atom is 0.416 e. The lowest BCUT2D eigenvalue weighted by Crippen LogP contribution is -2.30. The van der Waals surface area contributed by atoms with Crippen LogP contribution in [0.15, 0.2) is 52.3 Å². The lowest BCUT2D eigenvalue weighted by molar-refractivity contribution is -0.388. The predicted molar refractivity (Wildman–Crippen MR) is 104 cm³/mol. The van der Waals surface area contributed by atoms with E-state index in [0.717, 1.165) is 23.9 Å². The third-order valence-corrected chi connectivity index (χ3v) is 7.33. The van der Waals surface area contributed by atoms with E-state index in [-0.39, 0.29) is 34.2 Å². The Balaban J connectivity index is 2.38. The molecule has 0 spiro atoms. The van der Waals surface area contributed by atoms with Crippen LogP contribution < -0.4 is 0 Å². The normalized spacial score (nSPS) is 12.3. The topological polar surface area (TPSA) is 80.5 Å². The molecule has 2 aromatic carbocycles. The summed E-state index contributed by atoms with van der Waals surface area (Å²) in [5.74, 6) is -0.154. The molecule has 0 aliphatic rings. The van der Waals surface area contributed by atoms with Crippen LogP contribution in [0.25, 0.3) is 0 Å². The Hall–Kier alpha value is -2.11. The van der Waals surface area contributed by atoms with E-state index in [1.807, 2.05) is 0 Å². The van der Waals surface area contributed by atoms with E-state index in [0.29, 0.717) is 0 Å². The fraction of sp³-hybridized carbons (Fsp3) is 0.333. The van der Waals surface area contributed by atoms with Crippen molar-refractivity contribution in [3.05, 3.63) is 63.7 Å². The fourth-order valence-electron chi connectivity index (χ4n) is 2.71. The highest BCUT2D eigenvalue weighted by Crippen LogP contribution is 2.38. The van der Waals surface area contributed by atoms with Gasteiger partial charge in [0.15, 0.2) is 0 Å². The number of alkyl halides is 3. The Kier molecular flexibility index (Phi) is 7.30. The predicted octanol–water partition coefficient (Wildman–Crippen LogP) is 4.94. The average Bonchev–Trinajstić information content (AvgIpc) is 2.66. The summed E-state index contributed by atoms with van der Waals surface area (Å²) in [7, 11) is -3.90. The molecule has 11 heteroatoms. The number of nitro groups is 1. The van der Waals surface area contributed by atoms with Crippen LogP contribution >= 0.6 is 11.8 Å². The Morgan fingerprint density at radius 3 is 2.28 bits per heavy atom. The van der Waals surface area contributed by atoms with Crippen LogP contribution in [0.3, 0.4) is 0 Å². The van der Waals surface area contributed by atoms with E-state index in [4.69, 9.17) is 0 Å². The summed E-state index contributed by atoms with van der Waals surface area (Å²) in [4.78, 5) is 10.6. The number of nitro benzene ring substituents is 1. The minimum Gasteiger partial charge on any atom is -0.258 e. The number of thioether (sulfide) groups is 1. The van der Waals surface area contributed by atoms with Gasteiger partial charge in [0, 0.05) is 24.9 Å². The van der Waals surface area contributed by atoms with Crippen LogP contribution in [-0.2, 0) is 22.0 Å². The zero-order chi connectivity index (χ0) is 21.8. The molecule has 0 heterocycles. The molecule has 0 amide bonds. The summed E-state index contributed by atoms with van der Waals surface area (Å²) in [5.41, 5.74) is -1.29. The first-order valence-corrected chi connectivity index (χ1v) is 11.0. The molecule has 0 saturated heterocycles. The lowest BCUT2D eigenvalue weighted by Gasteiger charge is -2.18. The van der Waals surface area contributed by atoms with Gasteiger partial charge in [0.05, 0.1) is 20.3 Å². The molecule has 0 bridgehead atoms. The van der Waals surface area contributed by atoms with Gasteiger partial charge in [0.2, 0.25) is 10.0 Å². The smallest absolute Gasteiger partial charge is 0.258 e. The third-order valence-electron chi connectivity index (χ3n) is 4.18. The average molecular weight is 448 g/mol. The van der Waals surface area contributed by atoms with Gasteiger partial charge >= 0.3 is 6.18 Å². The maximum absolute atomic E-state index is 13.1. The van der Waals surface area contributed by atoms with E-state index in [1.54, 1.807) is 13.8 Å². The van der Waals surface area contributed by atoms with E-state index < -0.39 is 32.4 Å². The molecule has 0 aliphatic carbocycles. The van der Waals surface area contributed by atoms with Crippen LogP contribution in [0.2, 0.25) is 0 Å². The molecule has 0 aromatic heterocycles. The molecule has 0 unspecified atom stereocenters. The zero-order valence-corrected chi connectivity index (χ0v) is 17.3. The van der Waals surface area contributed by atoms with Gasteiger partial charge in [-0.1, -0.05) is 32.0 Å². The van der Waals surface area contributed by atoms with Crippen LogP contribution in [-0.4, -0.2) is 30.7 Å². The van der Waals surface area contributed by atoms with E-state index in [2.05, 4.69) is 0 Å². The van der Waals surface area contributed by atoms with Crippen molar-refractivity contribution in [1.29, 1.82) is 0 Å². The van der Waals surface area contributed by atoms with Crippen molar-refractivity contribution < 1.29 is 26.5 Å². The van der Waals surface area contributed by atoms with Crippen molar-refractivity contribution in [2.24, 2.45) is 0 Å². The second-order valence-electron chi connectivity index (χ2n) is 5.92. The van der Waals surface area contributed by atoms with Gasteiger partial charge in [0.1, 0.15) is 0 Å². The SMILES string of the molecule is CCN(CC)S(=O)(=O)c1ccc(SCc2ccccc2C(F)(F)F)c([N+](=O)[O-])c1. The number of hydrogen-bond acceptors (Lipinski definition) is 5. The van der Waals surface area contributed by atoms with Gasteiger partial charge in [-0.2, -0.15) is 17.5 Å².